The molecule has 6 heteroatoms. The highest BCUT2D eigenvalue weighted by Crippen LogP contribution is 2.37. The summed E-state index contributed by atoms with van der Waals surface area (Å²) < 4.78 is 4.96. The van der Waals surface area contributed by atoms with Gasteiger partial charge in [-0.1, -0.05) is 0 Å². The molecule has 0 aliphatic heterocycles. The lowest BCUT2D eigenvalue weighted by atomic mass is 9.97. The van der Waals surface area contributed by atoms with Gasteiger partial charge in [-0.15, -0.1) is 11.3 Å². The number of nitrogens with one attached hydrogen (secondary N) is 1. The van der Waals surface area contributed by atoms with Crippen LogP contribution in [0.4, 0.5) is 0 Å². The van der Waals surface area contributed by atoms with Crippen molar-refractivity contribution in [2.24, 2.45) is 0 Å². The maximum Gasteiger partial charge on any atom is 0.236 e. The summed E-state index contributed by atoms with van der Waals surface area (Å²) in [6.07, 6.45) is 3.19. The van der Waals surface area contributed by atoms with Crippen LogP contribution < -0.4 is 5.32 Å². The number of aryl methyl sites for hydroxylation is 2. The Morgan fingerprint density at radius 2 is 2.40 bits per heavy atom. The fourth-order valence-corrected chi connectivity index (χ4v) is 3.71. The van der Waals surface area contributed by atoms with Gasteiger partial charge in [-0.25, -0.2) is 4.98 Å². The molecule has 1 atom stereocenters. The van der Waals surface area contributed by atoms with Crippen LogP contribution in [0.2, 0.25) is 0 Å². The second kappa shape index (κ2) is 7.15. The number of hydrogen-bond donors (Lipinski definition) is 1. The third-order valence-electron chi connectivity index (χ3n) is 3.65. The summed E-state index contributed by atoms with van der Waals surface area (Å²) in [7, 11) is 3.56. The molecule has 0 bridgehead atoms. The summed E-state index contributed by atoms with van der Waals surface area (Å²) in [5, 5.41) is 4.20. The maximum absolute atomic E-state index is 12.2. The van der Waals surface area contributed by atoms with E-state index in [9.17, 15) is 4.79 Å². The van der Waals surface area contributed by atoms with Crippen molar-refractivity contribution >= 4 is 17.2 Å². The van der Waals surface area contributed by atoms with Crippen LogP contribution in [0.3, 0.4) is 0 Å². The maximum atomic E-state index is 12.2. The quantitative estimate of drug-likeness (QED) is 0.809. The van der Waals surface area contributed by atoms with Crippen LogP contribution in [0.15, 0.2) is 0 Å². The summed E-state index contributed by atoms with van der Waals surface area (Å²) in [5.74, 6) is 0.130. The fraction of sp³-hybridized carbons (Fsp3) is 0.714. The molecular formula is C14H23N3O2S. The van der Waals surface area contributed by atoms with Gasteiger partial charge < -0.3 is 15.0 Å². The standard InChI is InChI=1S/C14H23N3O2S/c1-10-16-11-5-4-6-12(14(11)20-10)17(2)13(18)9-15-7-8-19-3/h12,15H,4-9H2,1-3H3. The number of aromatic nitrogens is 1. The lowest BCUT2D eigenvalue weighted by molar-refractivity contribution is -0.131. The van der Waals surface area contributed by atoms with Crippen molar-refractivity contribution in [3.05, 3.63) is 15.6 Å². The van der Waals surface area contributed by atoms with Gasteiger partial charge in [-0.2, -0.15) is 0 Å². The highest BCUT2D eigenvalue weighted by atomic mass is 32.1. The van der Waals surface area contributed by atoms with E-state index < -0.39 is 0 Å². The Morgan fingerprint density at radius 1 is 1.60 bits per heavy atom. The lowest BCUT2D eigenvalue weighted by Crippen LogP contribution is -2.39. The fourth-order valence-electron chi connectivity index (χ4n) is 2.56. The Morgan fingerprint density at radius 3 is 3.15 bits per heavy atom. The molecule has 20 heavy (non-hydrogen) atoms. The minimum absolute atomic E-state index is 0.130. The van der Waals surface area contributed by atoms with E-state index in [1.54, 1.807) is 18.4 Å². The molecule has 1 unspecified atom stereocenters. The monoisotopic (exact) mass is 297 g/mol. The Balaban J connectivity index is 1.95. The first-order chi connectivity index (χ1) is 9.63. The molecule has 1 aliphatic carbocycles. The van der Waals surface area contributed by atoms with Crippen molar-refractivity contribution in [2.75, 3.05) is 33.9 Å². The van der Waals surface area contributed by atoms with Crippen LogP contribution in [0.25, 0.3) is 0 Å². The SMILES string of the molecule is COCCNCC(=O)N(C)C1CCCc2nc(C)sc21. The average molecular weight is 297 g/mol. The van der Waals surface area contributed by atoms with E-state index in [-0.39, 0.29) is 11.9 Å². The summed E-state index contributed by atoms with van der Waals surface area (Å²) >= 11 is 1.73. The smallest absolute Gasteiger partial charge is 0.236 e. The molecule has 1 aromatic rings. The molecule has 1 aliphatic rings. The molecule has 5 nitrogen and oxygen atoms in total. The Hall–Kier alpha value is -0.980. The Labute approximate surface area is 124 Å². The van der Waals surface area contributed by atoms with E-state index in [1.807, 2.05) is 18.9 Å². The Bertz CT molecular complexity index is 461. The van der Waals surface area contributed by atoms with Gasteiger partial charge in [0.05, 0.1) is 34.8 Å². The Kier molecular flexibility index (Phi) is 5.51. The third-order valence-corrected chi connectivity index (χ3v) is 4.76. The molecule has 0 radical (unpaired) electrons. The number of amides is 1. The molecule has 0 saturated heterocycles. The second-order valence-corrected chi connectivity index (χ2v) is 6.36. The average Bonchev–Trinajstić information content (AvgIpc) is 2.82. The molecule has 1 aromatic heterocycles. The normalized spacial score (nSPS) is 17.9. The molecule has 1 heterocycles. The molecule has 112 valence electrons. The van der Waals surface area contributed by atoms with Crippen molar-refractivity contribution in [3.8, 4) is 0 Å². The number of hydrogen-bond acceptors (Lipinski definition) is 5. The van der Waals surface area contributed by atoms with Crippen LogP contribution in [-0.4, -0.2) is 49.6 Å². The van der Waals surface area contributed by atoms with Gasteiger partial charge in [0.25, 0.3) is 0 Å². The number of carbonyl (C=O) groups is 1. The predicted octanol–water partition coefficient (Wildman–Crippen LogP) is 1.52. The highest BCUT2D eigenvalue weighted by molar-refractivity contribution is 7.11. The molecule has 1 amide bonds. The second-order valence-electron chi connectivity index (χ2n) is 5.13. The zero-order valence-electron chi connectivity index (χ0n) is 12.4. The molecular weight excluding hydrogens is 274 g/mol. The van der Waals surface area contributed by atoms with Crippen LogP contribution in [-0.2, 0) is 16.0 Å². The topological polar surface area (TPSA) is 54.5 Å². The van der Waals surface area contributed by atoms with Crippen molar-refractivity contribution < 1.29 is 9.53 Å². The van der Waals surface area contributed by atoms with Gasteiger partial charge in [0.15, 0.2) is 0 Å². The minimum atomic E-state index is 0.130. The number of methoxy groups -OCH3 is 1. The van der Waals surface area contributed by atoms with E-state index in [4.69, 9.17) is 4.74 Å². The summed E-state index contributed by atoms with van der Waals surface area (Å²) in [6.45, 7) is 3.72. The zero-order chi connectivity index (χ0) is 14.5. The zero-order valence-corrected chi connectivity index (χ0v) is 13.3. The summed E-state index contributed by atoms with van der Waals surface area (Å²) in [6, 6.07) is 0.196. The number of thiazole rings is 1. The molecule has 2 rings (SSSR count). The first-order valence-corrected chi connectivity index (χ1v) is 7.86. The number of rotatable bonds is 6. The van der Waals surface area contributed by atoms with E-state index >= 15 is 0 Å². The van der Waals surface area contributed by atoms with Crippen LogP contribution in [0.5, 0.6) is 0 Å². The van der Waals surface area contributed by atoms with Gasteiger partial charge in [-0.05, 0) is 26.2 Å². The van der Waals surface area contributed by atoms with Gasteiger partial charge in [0.2, 0.25) is 5.91 Å². The number of nitrogens with zero attached hydrogens (tertiary/aromatic N) is 2. The van der Waals surface area contributed by atoms with Crippen molar-refractivity contribution in [3.63, 3.8) is 0 Å². The largest absolute Gasteiger partial charge is 0.383 e. The van der Waals surface area contributed by atoms with E-state index in [0.717, 1.165) is 24.3 Å². The molecule has 1 N–H and O–H groups in total. The number of likely N-dealkylation sites (N-methyl/N-ethyl adjacent to an activating group) is 1. The van der Waals surface area contributed by atoms with Crippen LogP contribution >= 0.6 is 11.3 Å². The van der Waals surface area contributed by atoms with E-state index in [2.05, 4.69) is 10.3 Å². The van der Waals surface area contributed by atoms with Crippen LogP contribution in [0.1, 0.15) is 34.5 Å². The predicted molar refractivity (Wildman–Crippen MR) is 80.0 cm³/mol. The van der Waals surface area contributed by atoms with Crippen molar-refractivity contribution in [2.45, 2.75) is 32.2 Å². The first-order valence-electron chi connectivity index (χ1n) is 7.05. The molecule has 0 fully saturated rings. The molecule has 0 spiro atoms. The summed E-state index contributed by atoms with van der Waals surface area (Å²) in [4.78, 5) is 20.0. The van der Waals surface area contributed by atoms with Gasteiger partial charge in [-0.3, -0.25) is 4.79 Å². The third kappa shape index (κ3) is 3.56. The van der Waals surface area contributed by atoms with E-state index in [1.165, 1.54) is 10.6 Å². The van der Waals surface area contributed by atoms with Crippen molar-refractivity contribution in [1.82, 2.24) is 15.2 Å². The van der Waals surface area contributed by atoms with E-state index in [0.29, 0.717) is 19.7 Å². The van der Waals surface area contributed by atoms with Crippen molar-refractivity contribution in [1.29, 1.82) is 0 Å². The molecule has 0 aromatic carbocycles. The van der Waals surface area contributed by atoms with Gasteiger partial charge >= 0.3 is 0 Å². The lowest BCUT2D eigenvalue weighted by Gasteiger charge is -2.30. The minimum Gasteiger partial charge on any atom is -0.383 e. The number of ether oxygens (including phenoxy) is 1. The number of fused-ring (bicyclic) bond motifs is 1. The van der Waals surface area contributed by atoms with Crippen LogP contribution in [0, 0.1) is 6.92 Å². The molecule has 0 saturated carbocycles. The number of carbonyl (C=O) groups excluding carboxylic acids is 1. The van der Waals surface area contributed by atoms with Gasteiger partial charge in [0, 0.05) is 20.7 Å². The highest BCUT2D eigenvalue weighted by Gasteiger charge is 2.29. The first kappa shape index (κ1) is 15.4. The summed E-state index contributed by atoms with van der Waals surface area (Å²) in [5.41, 5.74) is 1.19. The van der Waals surface area contributed by atoms with Gasteiger partial charge in [0.1, 0.15) is 0 Å².